The third-order valence-corrected chi connectivity index (χ3v) is 10.2. The fourth-order valence-electron chi connectivity index (χ4n) is 5.24. The molecule has 2 aromatic heterocycles. The van der Waals surface area contributed by atoms with Crippen LogP contribution in [0.15, 0.2) is 70.4 Å². The monoisotopic (exact) mass is 682 g/mol. The SMILES string of the molecule is COc1cc(C)c(S(=O)(=O)NC(N)=NCCC[C@H](NC(=O)[C@@H](N)Cc2cn(Cc3ccccc3)cn2)C(O)c2nccs2)c(C)c1C. The number of nitrogens with one attached hydrogen (secondary N) is 2. The molecule has 4 aromatic rings. The molecule has 13 nitrogen and oxygen atoms in total. The molecule has 0 aliphatic carbocycles. The third kappa shape index (κ3) is 9.38. The zero-order valence-corrected chi connectivity index (χ0v) is 28.5. The normalized spacial score (nSPS) is 14.0. The van der Waals surface area contributed by atoms with Crippen LogP contribution in [-0.2, 0) is 27.8 Å². The first kappa shape index (κ1) is 35.5. The Balaban J connectivity index is 1.36. The van der Waals surface area contributed by atoms with E-state index in [1.54, 1.807) is 44.7 Å². The van der Waals surface area contributed by atoms with Gasteiger partial charge in [-0.15, -0.1) is 11.3 Å². The largest absolute Gasteiger partial charge is 0.496 e. The van der Waals surface area contributed by atoms with E-state index in [2.05, 4.69) is 25.0 Å². The summed E-state index contributed by atoms with van der Waals surface area (Å²) in [4.78, 5) is 26.0. The zero-order chi connectivity index (χ0) is 34.1. The van der Waals surface area contributed by atoms with Gasteiger partial charge in [-0.3, -0.25) is 9.79 Å². The number of ether oxygens (including phenoxy) is 1. The molecule has 2 aromatic carbocycles. The topological polar surface area (TPSA) is 200 Å². The highest BCUT2D eigenvalue weighted by atomic mass is 32.2. The molecule has 252 valence electrons. The van der Waals surface area contributed by atoms with Crippen LogP contribution in [0.2, 0.25) is 0 Å². The maximum atomic E-state index is 13.2. The van der Waals surface area contributed by atoms with Crippen LogP contribution >= 0.6 is 11.3 Å². The molecule has 0 aliphatic heterocycles. The Kier molecular flexibility index (Phi) is 12.1. The van der Waals surface area contributed by atoms with Crippen molar-refractivity contribution in [1.29, 1.82) is 0 Å². The number of nitrogens with two attached hydrogens (primary N) is 2. The van der Waals surface area contributed by atoms with Gasteiger partial charge in [0.05, 0.1) is 36.1 Å². The zero-order valence-electron chi connectivity index (χ0n) is 26.9. The molecule has 0 saturated heterocycles. The second-order valence-corrected chi connectivity index (χ2v) is 13.8. The van der Waals surface area contributed by atoms with E-state index in [1.807, 2.05) is 41.1 Å². The number of hydrogen-bond acceptors (Lipinski definition) is 10. The maximum absolute atomic E-state index is 13.2. The lowest BCUT2D eigenvalue weighted by atomic mass is 10.0. The van der Waals surface area contributed by atoms with E-state index in [0.717, 1.165) is 5.56 Å². The van der Waals surface area contributed by atoms with Gasteiger partial charge in [-0.25, -0.2) is 23.1 Å². The standard InChI is InChI=1S/C32H42N8O5S2/c1-20-15-27(45-4)21(2)22(3)29(20)47(43,44)39-32(34)36-12-8-11-26(28(41)31-35-13-14-46-31)38-30(42)25(33)16-24-18-40(19-37-24)17-23-9-6-5-7-10-23/h5-7,9-10,13-15,18-19,25-26,28,41H,8,11-12,16-17,33H2,1-4H3,(H,38,42)(H3,34,36,39)/t25-,26-,28?/m0/s1. The van der Waals surface area contributed by atoms with Gasteiger partial charge in [0, 0.05) is 37.3 Å². The summed E-state index contributed by atoms with van der Waals surface area (Å²) in [5.74, 6) is -0.121. The van der Waals surface area contributed by atoms with Crippen LogP contribution in [0.1, 0.15) is 51.9 Å². The summed E-state index contributed by atoms with van der Waals surface area (Å²) >= 11 is 1.27. The summed E-state index contributed by atoms with van der Waals surface area (Å²) in [5.41, 5.74) is 15.8. The molecule has 2 heterocycles. The van der Waals surface area contributed by atoms with Crippen molar-refractivity contribution in [2.75, 3.05) is 13.7 Å². The Hall–Kier alpha value is -4.31. The molecule has 47 heavy (non-hydrogen) atoms. The molecule has 3 atom stereocenters. The Bertz CT molecular complexity index is 1780. The molecular weight excluding hydrogens is 641 g/mol. The number of methoxy groups -OCH3 is 1. The third-order valence-electron chi connectivity index (χ3n) is 7.74. The van der Waals surface area contributed by atoms with Crippen LogP contribution in [0.25, 0.3) is 0 Å². The van der Waals surface area contributed by atoms with Crippen molar-refractivity contribution >= 4 is 33.2 Å². The molecule has 4 rings (SSSR count). The van der Waals surface area contributed by atoms with E-state index >= 15 is 0 Å². The van der Waals surface area contributed by atoms with Crippen LogP contribution in [0, 0.1) is 20.8 Å². The summed E-state index contributed by atoms with van der Waals surface area (Å²) in [5, 5.41) is 16.1. The number of rotatable bonds is 15. The van der Waals surface area contributed by atoms with Crippen LogP contribution in [-0.4, -0.2) is 65.7 Å². The number of hydrogen-bond donors (Lipinski definition) is 5. The molecule has 1 unspecified atom stereocenters. The molecule has 0 bridgehead atoms. The molecule has 0 fully saturated rings. The summed E-state index contributed by atoms with van der Waals surface area (Å²) in [7, 11) is -2.49. The minimum atomic E-state index is -4.02. The smallest absolute Gasteiger partial charge is 0.264 e. The molecule has 0 saturated carbocycles. The van der Waals surface area contributed by atoms with Gasteiger partial charge in [-0.1, -0.05) is 30.3 Å². The van der Waals surface area contributed by atoms with E-state index in [-0.39, 0.29) is 23.8 Å². The number of benzene rings is 2. The van der Waals surface area contributed by atoms with Gasteiger partial charge in [0.25, 0.3) is 10.0 Å². The number of guanidine groups is 1. The van der Waals surface area contributed by atoms with E-state index in [1.165, 1.54) is 18.4 Å². The minimum Gasteiger partial charge on any atom is -0.496 e. The average Bonchev–Trinajstić information content (AvgIpc) is 3.73. The highest BCUT2D eigenvalue weighted by molar-refractivity contribution is 7.90. The Morgan fingerprint density at radius 3 is 2.60 bits per heavy atom. The van der Waals surface area contributed by atoms with Crippen LogP contribution in [0.4, 0.5) is 0 Å². The second kappa shape index (κ2) is 16.0. The molecule has 1 amide bonds. The minimum absolute atomic E-state index is 0.114. The number of amides is 1. The first-order valence-electron chi connectivity index (χ1n) is 15.0. The predicted molar refractivity (Wildman–Crippen MR) is 182 cm³/mol. The summed E-state index contributed by atoms with van der Waals surface area (Å²) in [6, 6.07) is 9.98. The van der Waals surface area contributed by atoms with Gasteiger partial charge in [-0.05, 0) is 61.9 Å². The Morgan fingerprint density at radius 2 is 1.91 bits per heavy atom. The highest BCUT2D eigenvalue weighted by Gasteiger charge is 2.27. The second-order valence-electron chi connectivity index (χ2n) is 11.3. The average molecular weight is 683 g/mol. The number of sulfonamides is 1. The van der Waals surface area contributed by atoms with E-state index in [9.17, 15) is 18.3 Å². The fraction of sp³-hybridized carbons (Fsp3) is 0.375. The number of aliphatic imine (C=N–C) groups is 1. The number of imidazole rings is 1. The van der Waals surface area contributed by atoms with E-state index in [4.69, 9.17) is 16.2 Å². The summed E-state index contributed by atoms with van der Waals surface area (Å²) < 4.78 is 36.0. The van der Waals surface area contributed by atoms with Crippen LogP contribution < -0.4 is 26.2 Å². The van der Waals surface area contributed by atoms with Crippen molar-refractivity contribution in [3.63, 3.8) is 0 Å². The number of nitrogens with zero attached hydrogens (tertiary/aromatic N) is 4. The molecule has 0 aliphatic rings. The van der Waals surface area contributed by atoms with Gasteiger partial charge in [0.1, 0.15) is 16.9 Å². The highest BCUT2D eigenvalue weighted by Crippen LogP contribution is 2.30. The summed E-state index contributed by atoms with van der Waals surface area (Å²) in [6.45, 7) is 5.96. The van der Waals surface area contributed by atoms with E-state index in [0.29, 0.717) is 52.5 Å². The number of aryl methyl sites for hydroxylation is 1. The number of aromatic nitrogens is 3. The quantitative estimate of drug-likeness (QED) is 0.0710. The van der Waals surface area contributed by atoms with Gasteiger partial charge in [0.2, 0.25) is 11.9 Å². The van der Waals surface area contributed by atoms with Crippen LogP contribution in [0.5, 0.6) is 5.75 Å². The lowest BCUT2D eigenvalue weighted by Gasteiger charge is -2.24. The van der Waals surface area contributed by atoms with Gasteiger partial charge in [-0.2, -0.15) is 0 Å². The van der Waals surface area contributed by atoms with Crippen molar-refractivity contribution in [2.45, 2.75) is 69.7 Å². The Morgan fingerprint density at radius 1 is 1.17 bits per heavy atom. The maximum Gasteiger partial charge on any atom is 0.264 e. The summed E-state index contributed by atoms with van der Waals surface area (Å²) in [6.07, 6.45) is 4.93. The number of thiazole rings is 1. The fourth-order valence-corrected chi connectivity index (χ4v) is 7.41. The lowest BCUT2D eigenvalue weighted by Crippen LogP contribution is -2.48. The first-order valence-corrected chi connectivity index (χ1v) is 17.4. The molecule has 7 N–H and O–H groups in total. The van der Waals surface area contributed by atoms with Crippen molar-refractivity contribution in [1.82, 2.24) is 24.6 Å². The van der Waals surface area contributed by atoms with Crippen molar-refractivity contribution < 1.29 is 23.1 Å². The molecule has 0 radical (unpaired) electrons. The van der Waals surface area contributed by atoms with Crippen LogP contribution in [0.3, 0.4) is 0 Å². The number of aliphatic hydroxyl groups is 1. The van der Waals surface area contributed by atoms with Crippen molar-refractivity contribution in [3.8, 4) is 5.75 Å². The van der Waals surface area contributed by atoms with Gasteiger partial charge in [0.15, 0.2) is 0 Å². The Labute approximate surface area is 279 Å². The van der Waals surface area contributed by atoms with E-state index < -0.39 is 34.1 Å². The van der Waals surface area contributed by atoms with Gasteiger partial charge >= 0.3 is 0 Å². The lowest BCUT2D eigenvalue weighted by molar-refractivity contribution is -0.124. The van der Waals surface area contributed by atoms with Crippen molar-refractivity contribution in [3.05, 3.63) is 93.5 Å². The number of carbonyl (C=O) groups is 1. The molecule has 0 spiro atoms. The van der Waals surface area contributed by atoms with Gasteiger partial charge < -0.3 is 31.2 Å². The predicted octanol–water partition coefficient (Wildman–Crippen LogP) is 2.48. The number of carbonyl (C=O) groups excluding carboxylic acids is 1. The number of aliphatic hydroxyl groups excluding tert-OH is 1. The molecular formula is C32H42N8O5S2. The molecule has 15 heteroatoms. The first-order chi connectivity index (χ1) is 22.4. The van der Waals surface area contributed by atoms with Crippen molar-refractivity contribution in [2.24, 2.45) is 16.5 Å².